The van der Waals surface area contributed by atoms with Crippen LogP contribution in [0.1, 0.15) is 55.6 Å². The molecule has 6 aromatic rings. The molecule has 0 saturated carbocycles. The van der Waals surface area contributed by atoms with Crippen molar-refractivity contribution < 1.29 is 0 Å². The second kappa shape index (κ2) is 13.5. The number of anilines is 5. The van der Waals surface area contributed by atoms with Crippen molar-refractivity contribution in [1.29, 1.82) is 15.8 Å². The number of nitriles is 3. The fourth-order valence-electron chi connectivity index (χ4n) is 5.80. The number of hydrogen-bond acceptors (Lipinski definition) is 14. The number of nitrogens with two attached hydrogens (primary N) is 1. The molecule has 252 valence electrons. The summed E-state index contributed by atoms with van der Waals surface area (Å²) in [5, 5.41) is 62.8. The van der Waals surface area contributed by atoms with E-state index in [2.05, 4.69) is 77.7 Å². The van der Waals surface area contributed by atoms with Crippen LogP contribution >= 0.6 is 11.3 Å². The van der Waals surface area contributed by atoms with E-state index in [1.54, 1.807) is 6.92 Å². The molecule has 0 aliphatic rings. The topological polar surface area (TPSA) is 220 Å². The Morgan fingerprint density at radius 1 is 0.686 bits per heavy atom. The number of nitrogen functional groups attached to an aromatic ring is 1. The minimum Gasteiger partial charge on any atom is -0.381 e. The van der Waals surface area contributed by atoms with Crippen LogP contribution in [-0.2, 0) is 0 Å². The van der Waals surface area contributed by atoms with E-state index in [1.165, 1.54) is 21.8 Å². The van der Waals surface area contributed by atoms with Gasteiger partial charge in [0.05, 0.1) is 18.0 Å². The number of nitrogens with zero attached hydrogens (tertiary/aromatic N) is 12. The van der Waals surface area contributed by atoms with E-state index >= 15 is 0 Å². The molecule has 51 heavy (non-hydrogen) atoms. The van der Waals surface area contributed by atoms with E-state index in [0.29, 0.717) is 33.1 Å². The zero-order chi connectivity index (χ0) is 36.6. The highest BCUT2D eigenvalue weighted by Gasteiger charge is 2.21. The van der Waals surface area contributed by atoms with Crippen LogP contribution < -0.4 is 16.4 Å². The van der Waals surface area contributed by atoms with Gasteiger partial charge in [-0.2, -0.15) is 15.8 Å². The fraction of sp³-hybridized carbons (Fsp3) is 0.200. The van der Waals surface area contributed by atoms with Crippen LogP contribution in [-0.4, -0.2) is 34.7 Å². The van der Waals surface area contributed by atoms with Gasteiger partial charge in [0, 0.05) is 16.9 Å². The van der Waals surface area contributed by atoms with Gasteiger partial charge >= 0.3 is 0 Å². The summed E-state index contributed by atoms with van der Waals surface area (Å²) in [5.41, 5.74) is 15.2. The van der Waals surface area contributed by atoms with Gasteiger partial charge in [0.15, 0.2) is 17.5 Å². The van der Waals surface area contributed by atoms with Crippen LogP contribution in [0, 0.1) is 82.5 Å². The summed E-state index contributed by atoms with van der Waals surface area (Å²) in [5.74, 6) is 0.808. The first-order chi connectivity index (χ1) is 24.4. The number of azo groups is 1. The Kier molecular flexibility index (Phi) is 8.99. The Morgan fingerprint density at radius 3 is 1.71 bits per heavy atom. The number of nitrogens with one attached hydrogen (secondary N) is 2. The minimum atomic E-state index is 0.0176. The van der Waals surface area contributed by atoms with Gasteiger partial charge in [-0.15, -0.1) is 30.6 Å². The Balaban J connectivity index is 1.43. The number of aryl methyl sites for hydroxylation is 6. The Morgan fingerprint density at radius 2 is 1.20 bits per heavy atom. The van der Waals surface area contributed by atoms with E-state index in [-0.39, 0.29) is 28.3 Å². The maximum Gasteiger partial charge on any atom is 0.234 e. The van der Waals surface area contributed by atoms with Gasteiger partial charge in [-0.05, 0) is 70.7 Å². The molecule has 4 heterocycles. The molecule has 0 aliphatic heterocycles. The number of hydrogen-bond donors (Lipinski definition) is 3. The van der Waals surface area contributed by atoms with Crippen LogP contribution in [0.3, 0.4) is 0 Å². The largest absolute Gasteiger partial charge is 0.381 e. The van der Waals surface area contributed by atoms with Crippen molar-refractivity contribution in [2.75, 3.05) is 16.4 Å². The molecular formula is C35H31N15S. The van der Waals surface area contributed by atoms with Crippen molar-refractivity contribution in [3.05, 3.63) is 92.3 Å². The first kappa shape index (κ1) is 33.9. The lowest BCUT2D eigenvalue weighted by Crippen LogP contribution is -2.07. The molecule has 0 fully saturated rings. The predicted molar refractivity (Wildman–Crippen MR) is 194 cm³/mol. The first-order valence-electron chi connectivity index (χ1n) is 15.6. The third kappa shape index (κ3) is 6.57. The van der Waals surface area contributed by atoms with Crippen LogP contribution in [0.25, 0.3) is 10.3 Å². The van der Waals surface area contributed by atoms with Gasteiger partial charge in [-0.3, -0.25) is 0 Å². The minimum absolute atomic E-state index is 0.0176. The zero-order valence-corrected chi connectivity index (χ0v) is 29.6. The number of rotatable bonds is 8. The summed E-state index contributed by atoms with van der Waals surface area (Å²) in [6, 6.07) is 14.6. The molecule has 0 amide bonds. The lowest BCUT2D eigenvalue weighted by molar-refractivity contribution is 0.819. The number of benzene rings is 2. The number of pyridine rings is 1. The molecule has 4 N–H and O–H groups in total. The van der Waals surface area contributed by atoms with Crippen LogP contribution in [0.5, 0.6) is 0 Å². The van der Waals surface area contributed by atoms with Crippen molar-refractivity contribution in [1.82, 2.24) is 34.7 Å². The summed E-state index contributed by atoms with van der Waals surface area (Å²) in [7, 11) is 0. The summed E-state index contributed by atoms with van der Waals surface area (Å²) < 4.78 is 2.70. The molecule has 0 aliphatic carbocycles. The lowest BCUT2D eigenvalue weighted by atomic mass is 10.0. The maximum absolute atomic E-state index is 10.4. The maximum atomic E-state index is 10.4. The molecule has 0 unspecified atom stereocenters. The Bertz CT molecular complexity index is 2470. The molecule has 4 aromatic heterocycles. The highest BCUT2D eigenvalue weighted by molar-refractivity contribution is 7.16. The Labute approximate surface area is 297 Å². The lowest BCUT2D eigenvalue weighted by Gasteiger charge is -2.19. The van der Waals surface area contributed by atoms with E-state index in [1.807, 2.05) is 47.6 Å². The monoisotopic (exact) mass is 693 g/mol. The van der Waals surface area contributed by atoms with Crippen LogP contribution in [0.15, 0.2) is 46.9 Å². The summed E-state index contributed by atoms with van der Waals surface area (Å²) in [6.07, 6.45) is 2.91. The average Bonchev–Trinajstić information content (AvgIpc) is 3.82. The van der Waals surface area contributed by atoms with E-state index in [4.69, 9.17) is 10.7 Å². The van der Waals surface area contributed by atoms with Gasteiger partial charge in [-0.25, -0.2) is 14.3 Å². The van der Waals surface area contributed by atoms with Crippen molar-refractivity contribution >= 4 is 51.7 Å². The molecule has 0 saturated heterocycles. The van der Waals surface area contributed by atoms with Gasteiger partial charge < -0.3 is 16.4 Å². The highest BCUT2D eigenvalue weighted by Crippen LogP contribution is 2.39. The summed E-state index contributed by atoms with van der Waals surface area (Å²) in [4.78, 5) is 4.91. The van der Waals surface area contributed by atoms with Crippen molar-refractivity contribution in [3.63, 3.8) is 0 Å². The van der Waals surface area contributed by atoms with Crippen LogP contribution in [0.2, 0.25) is 0 Å². The summed E-state index contributed by atoms with van der Waals surface area (Å²) in [6.45, 7) is 13.9. The Hall–Kier alpha value is -6.96. The van der Waals surface area contributed by atoms with Crippen LogP contribution in [0.4, 0.5) is 40.3 Å². The molecule has 0 spiro atoms. The molecule has 16 heteroatoms. The smallest absolute Gasteiger partial charge is 0.234 e. The van der Waals surface area contributed by atoms with Crippen molar-refractivity contribution in [2.24, 2.45) is 10.2 Å². The van der Waals surface area contributed by atoms with Gasteiger partial charge in [0.1, 0.15) is 35.0 Å². The molecule has 2 aromatic carbocycles. The van der Waals surface area contributed by atoms with Gasteiger partial charge in [0.2, 0.25) is 16.1 Å². The molecule has 0 atom stereocenters. The van der Waals surface area contributed by atoms with E-state index < -0.39 is 0 Å². The van der Waals surface area contributed by atoms with Gasteiger partial charge in [-0.1, -0.05) is 46.7 Å². The third-order valence-corrected chi connectivity index (χ3v) is 8.99. The normalized spacial score (nSPS) is 11.0. The standard InChI is InChI=1S/C35H31N15S/c1-17-8-19(3)27(20(4)9-17)40-32-26(14-38)23(7)29(33(42-32)41-28-21(5)10-18(2)11-22(28)6)43-44-31-25(13-37)16-50(48-31)35-46-45-34(51-35)49-15-24(12-36)30(39)47-49/h8-11,15-16H,1-7H3,(H2,39,47)(H2,40,41,42). The molecule has 0 radical (unpaired) electrons. The molecular weight excluding hydrogens is 663 g/mol. The predicted octanol–water partition coefficient (Wildman–Crippen LogP) is 7.56. The van der Waals surface area contributed by atoms with Gasteiger partial charge in [0.25, 0.3) is 0 Å². The highest BCUT2D eigenvalue weighted by atomic mass is 32.1. The van der Waals surface area contributed by atoms with Crippen molar-refractivity contribution in [2.45, 2.75) is 48.5 Å². The fourth-order valence-corrected chi connectivity index (χ4v) is 6.50. The van der Waals surface area contributed by atoms with Crippen molar-refractivity contribution in [3.8, 4) is 28.5 Å². The van der Waals surface area contributed by atoms with E-state index in [9.17, 15) is 15.8 Å². The quantitative estimate of drug-likeness (QED) is 0.132. The summed E-state index contributed by atoms with van der Waals surface area (Å²) >= 11 is 1.11. The average molecular weight is 694 g/mol. The first-order valence-corrected chi connectivity index (χ1v) is 16.4. The zero-order valence-electron chi connectivity index (χ0n) is 28.8. The SMILES string of the molecule is Cc1cc(C)c(Nc2nc(Nc3c(C)cc(C)cc3C)c(N=Nc3nn(-c4nnc(-n5cc(C#N)c(N)n5)s4)cc3C#N)c(C)c2C#N)c(C)c1. The second-order valence-corrected chi connectivity index (χ2v) is 13.0. The number of aromatic nitrogens is 7. The molecule has 15 nitrogen and oxygen atoms in total. The molecule has 6 rings (SSSR count). The second-order valence-electron chi connectivity index (χ2n) is 12.0. The van der Waals surface area contributed by atoms with E-state index in [0.717, 1.165) is 56.1 Å². The third-order valence-electron chi connectivity index (χ3n) is 8.09. The molecule has 0 bridgehead atoms.